The Bertz CT molecular complexity index is 412. The average Bonchev–Trinajstić information content (AvgIpc) is 2.74. The van der Waals surface area contributed by atoms with Crippen LogP contribution in [-0.4, -0.2) is 20.7 Å². The van der Waals surface area contributed by atoms with Crippen LogP contribution in [0.3, 0.4) is 0 Å². The number of carbonyl (C=O) groups excluding carboxylic acids is 1. The molecule has 5 atom stereocenters. The lowest BCUT2D eigenvalue weighted by Gasteiger charge is -2.49. The summed E-state index contributed by atoms with van der Waals surface area (Å²) in [5.74, 6) is 1.41. The molecule has 3 heteroatoms. The Labute approximate surface area is 138 Å². The van der Waals surface area contributed by atoms with Crippen LogP contribution in [0.2, 0.25) is 18.1 Å². The van der Waals surface area contributed by atoms with Gasteiger partial charge in [0.25, 0.3) is 0 Å². The van der Waals surface area contributed by atoms with E-state index < -0.39 is 8.32 Å². The normalized spacial score (nSPS) is 37.7. The van der Waals surface area contributed by atoms with Crippen molar-refractivity contribution in [3.8, 4) is 0 Å². The SMILES string of the molecule is CC(C=O)C1CCC2C(O[Si](C)(C)C(C)(C)C)CCCC12C. The van der Waals surface area contributed by atoms with Crippen LogP contribution in [0, 0.1) is 23.2 Å². The van der Waals surface area contributed by atoms with E-state index in [-0.39, 0.29) is 11.0 Å². The molecule has 0 aliphatic heterocycles. The molecule has 0 N–H and O–H groups in total. The maximum absolute atomic E-state index is 11.3. The van der Waals surface area contributed by atoms with Crippen LogP contribution in [0.25, 0.3) is 0 Å². The van der Waals surface area contributed by atoms with Crippen LogP contribution >= 0.6 is 0 Å². The van der Waals surface area contributed by atoms with E-state index in [1.165, 1.54) is 38.4 Å². The van der Waals surface area contributed by atoms with Crippen molar-refractivity contribution in [1.29, 1.82) is 0 Å². The molecule has 128 valence electrons. The van der Waals surface area contributed by atoms with Crippen molar-refractivity contribution in [2.24, 2.45) is 23.2 Å². The summed E-state index contributed by atoms with van der Waals surface area (Å²) in [5, 5.41) is 0.273. The van der Waals surface area contributed by atoms with Gasteiger partial charge in [-0.15, -0.1) is 0 Å². The number of hydrogen-bond donors (Lipinski definition) is 0. The van der Waals surface area contributed by atoms with Gasteiger partial charge in [-0.25, -0.2) is 0 Å². The largest absolute Gasteiger partial charge is 0.414 e. The molecule has 2 fully saturated rings. The van der Waals surface area contributed by atoms with E-state index in [2.05, 4.69) is 47.7 Å². The zero-order valence-electron chi connectivity index (χ0n) is 15.7. The van der Waals surface area contributed by atoms with Gasteiger partial charge in [0.1, 0.15) is 6.29 Å². The number of aldehydes is 1. The molecule has 22 heavy (non-hydrogen) atoms. The van der Waals surface area contributed by atoms with Crippen molar-refractivity contribution in [3.05, 3.63) is 0 Å². The summed E-state index contributed by atoms with van der Waals surface area (Å²) < 4.78 is 6.83. The second kappa shape index (κ2) is 6.05. The van der Waals surface area contributed by atoms with Crippen LogP contribution in [-0.2, 0) is 9.22 Å². The molecular weight excluding hydrogens is 288 g/mol. The molecule has 2 nitrogen and oxygen atoms in total. The van der Waals surface area contributed by atoms with E-state index in [1.807, 2.05) is 0 Å². The van der Waals surface area contributed by atoms with E-state index in [1.54, 1.807) is 0 Å². The van der Waals surface area contributed by atoms with Crippen LogP contribution in [0.15, 0.2) is 0 Å². The van der Waals surface area contributed by atoms with E-state index in [4.69, 9.17) is 4.43 Å². The quantitative estimate of drug-likeness (QED) is 0.509. The van der Waals surface area contributed by atoms with E-state index in [9.17, 15) is 4.79 Å². The summed E-state index contributed by atoms with van der Waals surface area (Å²) in [6.45, 7) is 16.3. The molecule has 0 aromatic rings. The lowest BCUT2D eigenvalue weighted by atomic mass is 9.62. The first-order valence-electron chi connectivity index (χ1n) is 9.16. The van der Waals surface area contributed by atoms with Crippen LogP contribution in [0.5, 0.6) is 0 Å². The molecular formula is C19H36O2Si. The molecule has 5 unspecified atom stereocenters. The van der Waals surface area contributed by atoms with Gasteiger partial charge in [-0.2, -0.15) is 0 Å². The van der Waals surface area contributed by atoms with Crippen molar-refractivity contribution < 1.29 is 9.22 Å². The minimum absolute atomic E-state index is 0.196. The van der Waals surface area contributed by atoms with Gasteiger partial charge in [-0.05, 0) is 61.1 Å². The first-order chi connectivity index (χ1) is 10.0. The zero-order valence-corrected chi connectivity index (χ0v) is 16.7. The van der Waals surface area contributed by atoms with Crippen LogP contribution in [0.4, 0.5) is 0 Å². The van der Waals surface area contributed by atoms with Gasteiger partial charge >= 0.3 is 0 Å². The number of fused-ring (bicyclic) bond motifs is 1. The Morgan fingerprint density at radius 3 is 2.41 bits per heavy atom. The molecule has 2 aliphatic rings. The number of hydrogen-bond acceptors (Lipinski definition) is 2. The third kappa shape index (κ3) is 3.08. The molecule has 0 heterocycles. The summed E-state index contributed by atoms with van der Waals surface area (Å²) in [6.07, 6.45) is 7.80. The first kappa shape index (κ1) is 18.2. The van der Waals surface area contributed by atoms with Crippen molar-refractivity contribution in [1.82, 2.24) is 0 Å². The van der Waals surface area contributed by atoms with Gasteiger partial charge in [0.2, 0.25) is 0 Å². The number of carbonyl (C=O) groups is 1. The highest BCUT2D eigenvalue weighted by Gasteiger charge is 2.54. The van der Waals surface area contributed by atoms with Crippen LogP contribution < -0.4 is 0 Å². The third-order valence-electron chi connectivity index (χ3n) is 7.24. The van der Waals surface area contributed by atoms with E-state index in [0.717, 1.165) is 0 Å². The summed E-state index contributed by atoms with van der Waals surface area (Å²) in [7, 11) is -1.71. The molecule has 0 spiro atoms. The highest BCUT2D eigenvalue weighted by molar-refractivity contribution is 6.74. The fourth-order valence-electron chi connectivity index (χ4n) is 4.81. The Morgan fingerprint density at radius 2 is 1.86 bits per heavy atom. The Hall–Kier alpha value is -0.153. The molecule has 2 saturated carbocycles. The smallest absolute Gasteiger partial charge is 0.192 e. The van der Waals surface area contributed by atoms with Gasteiger partial charge in [-0.1, -0.05) is 41.0 Å². The Kier molecular flexibility index (Phi) is 5.00. The lowest BCUT2D eigenvalue weighted by molar-refractivity contribution is -0.114. The highest BCUT2D eigenvalue weighted by atomic mass is 28.4. The third-order valence-corrected chi connectivity index (χ3v) is 11.7. The predicted octanol–water partition coefficient (Wildman–Crippen LogP) is 5.43. The van der Waals surface area contributed by atoms with Gasteiger partial charge in [-0.3, -0.25) is 0 Å². The maximum atomic E-state index is 11.3. The van der Waals surface area contributed by atoms with Gasteiger partial charge in [0.15, 0.2) is 8.32 Å². The minimum Gasteiger partial charge on any atom is -0.414 e. The molecule has 0 aromatic heterocycles. The zero-order chi connectivity index (χ0) is 16.8. The second-order valence-electron chi connectivity index (χ2n) is 9.60. The minimum atomic E-state index is -1.71. The molecule has 0 saturated heterocycles. The van der Waals surface area contributed by atoms with Crippen molar-refractivity contribution in [3.63, 3.8) is 0 Å². The Morgan fingerprint density at radius 1 is 1.23 bits per heavy atom. The summed E-state index contributed by atoms with van der Waals surface area (Å²) >= 11 is 0. The predicted molar refractivity (Wildman–Crippen MR) is 95.5 cm³/mol. The van der Waals surface area contributed by atoms with Gasteiger partial charge in [0, 0.05) is 12.0 Å². The van der Waals surface area contributed by atoms with Crippen molar-refractivity contribution in [2.75, 3.05) is 0 Å². The molecule has 0 bridgehead atoms. The topological polar surface area (TPSA) is 26.3 Å². The first-order valence-corrected chi connectivity index (χ1v) is 12.1. The van der Waals surface area contributed by atoms with Crippen LogP contribution in [0.1, 0.15) is 66.7 Å². The second-order valence-corrected chi connectivity index (χ2v) is 14.4. The van der Waals surface area contributed by atoms with E-state index >= 15 is 0 Å². The van der Waals surface area contributed by atoms with E-state index in [0.29, 0.717) is 23.4 Å². The lowest BCUT2D eigenvalue weighted by Crippen LogP contribution is -2.50. The molecule has 0 radical (unpaired) electrons. The van der Waals surface area contributed by atoms with Crippen molar-refractivity contribution in [2.45, 2.75) is 91.0 Å². The van der Waals surface area contributed by atoms with Gasteiger partial charge < -0.3 is 9.22 Å². The molecule has 2 aliphatic carbocycles. The maximum Gasteiger partial charge on any atom is 0.192 e. The summed E-state index contributed by atoms with van der Waals surface area (Å²) in [5.41, 5.74) is 0.311. The van der Waals surface area contributed by atoms with Gasteiger partial charge in [0.05, 0.1) is 0 Å². The molecule has 0 amide bonds. The standard InChI is InChI=1S/C19H36O2Si/c1-14(13-20)15-10-11-16-17(9-8-12-19(15,16)5)21-22(6,7)18(2,3)4/h13-17H,8-12H2,1-7H3. The fourth-order valence-corrected chi connectivity index (χ4v) is 6.21. The number of rotatable bonds is 4. The van der Waals surface area contributed by atoms with Crippen molar-refractivity contribution >= 4 is 14.6 Å². The fraction of sp³-hybridized carbons (Fsp3) is 0.947. The average molecular weight is 325 g/mol. The Balaban J connectivity index is 2.18. The summed E-state index contributed by atoms with van der Waals surface area (Å²) in [6, 6.07) is 0. The molecule has 2 rings (SSSR count). The molecule has 0 aromatic carbocycles. The highest BCUT2D eigenvalue weighted by Crippen LogP contribution is 2.58. The summed E-state index contributed by atoms with van der Waals surface area (Å²) in [4.78, 5) is 11.3. The monoisotopic (exact) mass is 324 g/mol.